The van der Waals surface area contributed by atoms with Gasteiger partial charge in [-0.05, 0) is 69.1 Å². The summed E-state index contributed by atoms with van der Waals surface area (Å²) in [7, 11) is -9.93. The molecular formula is C78H148O17P2. The molecule has 0 saturated carbocycles. The van der Waals surface area contributed by atoms with Crippen LogP contribution in [-0.4, -0.2) is 96.7 Å². The summed E-state index contributed by atoms with van der Waals surface area (Å²) in [5.74, 6) is 0.139. The molecule has 0 fully saturated rings. The smallest absolute Gasteiger partial charge is 0.462 e. The van der Waals surface area contributed by atoms with Crippen LogP contribution in [-0.2, 0) is 65.4 Å². The molecule has 0 amide bonds. The Balaban J connectivity index is 5.30. The maximum absolute atomic E-state index is 13.1. The van der Waals surface area contributed by atoms with Crippen molar-refractivity contribution in [2.75, 3.05) is 39.6 Å². The average Bonchev–Trinajstić information content (AvgIpc) is 1.36. The van der Waals surface area contributed by atoms with Gasteiger partial charge in [0.15, 0.2) is 12.2 Å². The molecule has 0 radical (unpaired) electrons. The first-order valence-electron chi connectivity index (χ1n) is 39.7. The van der Waals surface area contributed by atoms with Crippen LogP contribution in [0.4, 0.5) is 0 Å². The van der Waals surface area contributed by atoms with Crippen molar-refractivity contribution in [1.29, 1.82) is 0 Å². The summed E-state index contributed by atoms with van der Waals surface area (Å²) in [5.41, 5.74) is 0. The number of unbranched alkanes of at least 4 members (excludes halogenated alkanes) is 39. The topological polar surface area (TPSA) is 237 Å². The van der Waals surface area contributed by atoms with Crippen molar-refractivity contribution in [2.24, 2.45) is 17.8 Å². The monoisotopic (exact) mass is 1420 g/mol. The predicted molar refractivity (Wildman–Crippen MR) is 395 cm³/mol. The molecule has 0 rings (SSSR count). The van der Waals surface area contributed by atoms with Crippen LogP contribution in [0.5, 0.6) is 0 Å². The second kappa shape index (κ2) is 68.0. The maximum Gasteiger partial charge on any atom is 0.472 e. The Labute approximate surface area is 592 Å². The summed E-state index contributed by atoms with van der Waals surface area (Å²) in [6, 6.07) is 0. The molecule has 0 bridgehead atoms. The van der Waals surface area contributed by atoms with Gasteiger partial charge >= 0.3 is 39.5 Å². The molecular weight excluding hydrogens is 1270 g/mol. The van der Waals surface area contributed by atoms with E-state index in [4.69, 9.17) is 37.0 Å². The quantitative estimate of drug-likeness (QED) is 0.0169. The fourth-order valence-corrected chi connectivity index (χ4v) is 13.0. The molecule has 0 aliphatic rings. The highest BCUT2D eigenvalue weighted by atomic mass is 31.2. The second-order valence-corrected chi connectivity index (χ2v) is 31.7. The summed E-state index contributed by atoms with van der Waals surface area (Å²) < 4.78 is 68.6. The number of aliphatic hydroxyl groups excluding tert-OH is 1. The molecule has 0 saturated heterocycles. The maximum atomic E-state index is 13.1. The lowest BCUT2D eigenvalue weighted by Gasteiger charge is -2.21. The molecule has 572 valence electrons. The molecule has 17 nitrogen and oxygen atoms in total. The standard InChI is InChI=1S/C78H148O17P2/c1-8-9-10-11-12-13-14-15-16-19-25-30-38-45-52-59-75(80)88-65-73(94-77(82)61-54-47-40-31-26-20-17-18-23-28-35-42-49-56-69(2)3)67-92-96(84,85)90-63-72(79)64-91-97(86,87)93-68-74(66-89-76(81)60-53-46-39-34-33-37-44-51-58-71(6)7)95-78(83)62-55-48-41-32-27-22-21-24-29-36-43-50-57-70(4)5/h13-16,69-74,79H,8-12,17-68H2,1-7H3,(H,84,85)(H,86,87)/b14-13-,16-15-/t72-,73-,74-/m1/s1. The molecule has 0 heterocycles. The van der Waals surface area contributed by atoms with Crippen molar-refractivity contribution in [1.82, 2.24) is 0 Å². The molecule has 0 aromatic carbocycles. The summed E-state index contributed by atoms with van der Waals surface area (Å²) in [6.45, 7) is 11.8. The van der Waals surface area contributed by atoms with Crippen LogP contribution in [0.25, 0.3) is 0 Å². The van der Waals surface area contributed by atoms with Crippen LogP contribution in [0, 0.1) is 17.8 Å². The van der Waals surface area contributed by atoms with Crippen LogP contribution >= 0.6 is 15.6 Å². The molecule has 0 aromatic heterocycles. The number of hydrogen-bond acceptors (Lipinski definition) is 15. The predicted octanol–water partition coefficient (Wildman–Crippen LogP) is 22.5. The van der Waals surface area contributed by atoms with E-state index in [1.54, 1.807) is 0 Å². The first kappa shape index (κ1) is 94.5. The average molecular weight is 1420 g/mol. The fourth-order valence-electron chi connectivity index (χ4n) is 11.4. The highest BCUT2D eigenvalue weighted by molar-refractivity contribution is 7.47. The van der Waals surface area contributed by atoms with Crippen LogP contribution in [0.3, 0.4) is 0 Å². The normalized spacial score (nSPS) is 14.2. The van der Waals surface area contributed by atoms with E-state index >= 15 is 0 Å². The fraction of sp³-hybridized carbons (Fsp3) is 0.897. The summed E-state index contributed by atoms with van der Waals surface area (Å²) in [5, 5.41) is 10.6. The first-order chi connectivity index (χ1) is 46.7. The van der Waals surface area contributed by atoms with Gasteiger partial charge in [0.2, 0.25) is 0 Å². The van der Waals surface area contributed by atoms with Gasteiger partial charge in [-0.2, -0.15) is 0 Å². The van der Waals surface area contributed by atoms with E-state index in [1.807, 2.05) is 0 Å². The van der Waals surface area contributed by atoms with Gasteiger partial charge in [-0.25, -0.2) is 9.13 Å². The van der Waals surface area contributed by atoms with Crippen molar-refractivity contribution in [2.45, 2.75) is 394 Å². The largest absolute Gasteiger partial charge is 0.472 e. The number of allylic oxidation sites excluding steroid dienone is 4. The minimum Gasteiger partial charge on any atom is -0.462 e. The Morgan fingerprint density at radius 2 is 0.557 bits per heavy atom. The minimum absolute atomic E-state index is 0.100. The lowest BCUT2D eigenvalue weighted by atomic mass is 10.0. The van der Waals surface area contributed by atoms with Gasteiger partial charge in [-0.3, -0.25) is 37.3 Å². The molecule has 19 heteroatoms. The van der Waals surface area contributed by atoms with Gasteiger partial charge in [0.25, 0.3) is 0 Å². The molecule has 0 aliphatic heterocycles. The van der Waals surface area contributed by atoms with Gasteiger partial charge < -0.3 is 33.8 Å². The second-order valence-electron chi connectivity index (χ2n) is 28.8. The number of ether oxygens (including phenoxy) is 4. The Kier molecular flexibility index (Phi) is 66.3. The van der Waals surface area contributed by atoms with Crippen molar-refractivity contribution in [3.8, 4) is 0 Å². The van der Waals surface area contributed by atoms with Crippen molar-refractivity contribution < 1.29 is 80.2 Å². The number of carbonyl (C=O) groups is 4. The molecule has 97 heavy (non-hydrogen) atoms. The number of phosphoric acid groups is 2. The molecule has 3 N–H and O–H groups in total. The number of esters is 4. The summed E-state index contributed by atoms with van der Waals surface area (Å²) in [4.78, 5) is 72.9. The van der Waals surface area contributed by atoms with Crippen LogP contribution in [0.2, 0.25) is 0 Å². The van der Waals surface area contributed by atoms with E-state index in [0.29, 0.717) is 25.7 Å². The Morgan fingerprint density at radius 3 is 0.835 bits per heavy atom. The highest BCUT2D eigenvalue weighted by Gasteiger charge is 2.30. The van der Waals surface area contributed by atoms with Gasteiger partial charge in [0.1, 0.15) is 19.3 Å². The Bertz CT molecular complexity index is 1980. The third-order valence-corrected chi connectivity index (χ3v) is 19.4. The van der Waals surface area contributed by atoms with Crippen LogP contribution in [0.15, 0.2) is 24.3 Å². The summed E-state index contributed by atoms with van der Waals surface area (Å²) >= 11 is 0. The molecule has 0 aliphatic carbocycles. The lowest BCUT2D eigenvalue weighted by Crippen LogP contribution is -2.30. The Hall–Kier alpha value is -2.46. The molecule has 5 atom stereocenters. The van der Waals surface area contributed by atoms with E-state index < -0.39 is 97.5 Å². The van der Waals surface area contributed by atoms with Crippen molar-refractivity contribution in [3.63, 3.8) is 0 Å². The number of phosphoric ester groups is 2. The zero-order valence-electron chi connectivity index (χ0n) is 63.0. The number of rotatable bonds is 74. The van der Waals surface area contributed by atoms with Crippen molar-refractivity contribution in [3.05, 3.63) is 24.3 Å². The third-order valence-electron chi connectivity index (χ3n) is 17.5. The van der Waals surface area contributed by atoms with Crippen LogP contribution < -0.4 is 0 Å². The van der Waals surface area contributed by atoms with Gasteiger partial charge in [-0.1, -0.05) is 323 Å². The van der Waals surface area contributed by atoms with Crippen LogP contribution in [0.1, 0.15) is 376 Å². The van der Waals surface area contributed by atoms with E-state index in [0.717, 1.165) is 127 Å². The zero-order chi connectivity index (χ0) is 71.6. The number of carbonyl (C=O) groups excluding carboxylic acids is 4. The zero-order valence-corrected chi connectivity index (χ0v) is 64.8. The number of aliphatic hydroxyl groups is 1. The summed E-state index contributed by atoms with van der Waals surface area (Å²) in [6.07, 6.45) is 57.6. The van der Waals surface area contributed by atoms with E-state index in [9.17, 15) is 43.2 Å². The molecule has 0 spiro atoms. The van der Waals surface area contributed by atoms with E-state index in [1.165, 1.54) is 167 Å². The van der Waals surface area contributed by atoms with Gasteiger partial charge in [0, 0.05) is 25.7 Å². The first-order valence-corrected chi connectivity index (χ1v) is 42.7. The SMILES string of the molecule is CCCCCC/C=C\C=C/CCCCCCCC(=O)OC[C@H](COP(=O)(O)OC[C@@H](O)COP(=O)(O)OC[C@@H](COC(=O)CCCCCCCCCCC(C)C)OC(=O)CCCCCCCCCCCCCCC(C)C)OC(=O)CCCCCCCCCCCCCCCC(C)C. The van der Waals surface area contributed by atoms with Gasteiger partial charge in [0.05, 0.1) is 26.4 Å². The molecule has 0 aromatic rings. The van der Waals surface area contributed by atoms with Crippen molar-refractivity contribution >= 4 is 39.5 Å². The Morgan fingerprint density at radius 1 is 0.320 bits per heavy atom. The van der Waals surface area contributed by atoms with E-state index in [-0.39, 0.29) is 25.7 Å². The highest BCUT2D eigenvalue weighted by Crippen LogP contribution is 2.45. The van der Waals surface area contributed by atoms with Gasteiger partial charge in [-0.15, -0.1) is 0 Å². The van der Waals surface area contributed by atoms with E-state index in [2.05, 4.69) is 72.8 Å². The minimum atomic E-state index is -4.97. The lowest BCUT2D eigenvalue weighted by molar-refractivity contribution is -0.161. The number of hydrogen-bond donors (Lipinski definition) is 3. The third kappa shape index (κ3) is 71.7. The molecule has 2 unspecified atom stereocenters.